The van der Waals surface area contributed by atoms with E-state index in [4.69, 9.17) is 23.2 Å². The van der Waals surface area contributed by atoms with Gasteiger partial charge in [-0.1, -0.05) is 61.3 Å². The van der Waals surface area contributed by atoms with Crippen LogP contribution in [0.2, 0.25) is 10.0 Å². The molecular weight excluding hydrogens is 533 g/mol. The molecular formula is C28H33Cl2NO5S. The second kappa shape index (κ2) is 11.0. The Kier molecular flexibility index (Phi) is 8.27. The molecule has 1 aliphatic carbocycles. The van der Waals surface area contributed by atoms with Crippen LogP contribution in [0.5, 0.6) is 0 Å². The number of carbonyl (C=O) groups is 2. The zero-order valence-electron chi connectivity index (χ0n) is 21.1. The third kappa shape index (κ3) is 5.99. The average Bonchev–Trinajstić information content (AvgIpc) is 3.70. The molecule has 6 nitrogen and oxygen atoms in total. The van der Waals surface area contributed by atoms with Crippen LogP contribution < -0.4 is 0 Å². The van der Waals surface area contributed by atoms with Crippen LogP contribution in [0.25, 0.3) is 0 Å². The number of amides is 1. The first-order chi connectivity index (χ1) is 17.5. The van der Waals surface area contributed by atoms with Crippen LogP contribution in [0.3, 0.4) is 0 Å². The van der Waals surface area contributed by atoms with Crippen molar-refractivity contribution < 1.29 is 23.1 Å². The highest BCUT2D eigenvalue weighted by Gasteiger charge is 2.56. The van der Waals surface area contributed by atoms with Crippen LogP contribution in [-0.2, 0) is 19.4 Å². The van der Waals surface area contributed by atoms with Crippen LogP contribution in [0.15, 0.2) is 48.5 Å². The minimum atomic E-state index is -3.42. The van der Waals surface area contributed by atoms with Gasteiger partial charge in [-0.25, -0.2) is 8.42 Å². The molecule has 0 bridgehead atoms. The Bertz CT molecular complexity index is 1260. The number of carboxylic acid groups (broad SMARTS) is 1. The number of aliphatic carboxylic acids is 1. The third-order valence-electron chi connectivity index (χ3n) is 8.02. The maximum Gasteiger partial charge on any atom is 0.304 e. The van der Waals surface area contributed by atoms with E-state index in [1.54, 1.807) is 30.0 Å². The second-order valence-corrected chi connectivity index (χ2v) is 13.7. The molecule has 200 valence electrons. The molecule has 1 N–H and O–H groups in total. The van der Waals surface area contributed by atoms with Gasteiger partial charge in [-0.2, -0.15) is 0 Å². The summed E-state index contributed by atoms with van der Waals surface area (Å²) < 4.78 is 25.8. The molecule has 1 saturated carbocycles. The van der Waals surface area contributed by atoms with Crippen molar-refractivity contribution in [3.8, 4) is 0 Å². The van der Waals surface area contributed by atoms with Crippen LogP contribution in [0, 0.1) is 11.3 Å². The smallest absolute Gasteiger partial charge is 0.304 e. The number of rotatable bonds is 10. The number of sulfone groups is 1. The molecule has 0 spiro atoms. The molecule has 4 atom stereocenters. The van der Waals surface area contributed by atoms with E-state index in [1.165, 1.54) is 0 Å². The lowest BCUT2D eigenvalue weighted by Gasteiger charge is -2.53. The normalized spacial score (nSPS) is 25.2. The number of piperidine rings is 1. The molecule has 0 radical (unpaired) electrons. The van der Waals surface area contributed by atoms with Crippen molar-refractivity contribution in [2.24, 2.45) is 11.3 Å². The third-order valence-corrected chi connectivity index (χ3v) is 10.2. The minimum absolute atomic E-state index is 0.0182. The van der Waals surface area contributed by atoms with Crippen molar-refractivity contribution in [2.45, 2.75) is 64.0 Å². The zero-order chi connectivity index (χ0) is 27.0. The fourth-order valence-electron chi connectivity index (χ4n) is 5.82. The summed E-state index contributed by atoms with van der Waals surface area (Å²) in [6.45, 7) is 3.45. The lowest BCUT2D eigenvalue weighted by Crippen LogP contribution is -2.59. The monoisotopic (exact) mass is 565 g/mol. The van der Waals surface area contributed by atoms with E-state index >= 15 is 0 Å². The van der Waals surface area contributed by atoms with Gasteiger partial charge in [0.25, 0.3) is 0 Å². The van der Waals surface area contributed by atoms with Crippen molar-refractivity contribution >= 4 is 44.9 Å². The van der Waals surface area contributed by atoms with E-state index in [9.17, 15) is 23.1 Å². The second-order valence-electron chi connectivity index (χ2n) is 10.4. The topological polar surface area (TPSA) is 91.8 Å². The van der Waals surface area contributed by atoms with Gasteiger partial charge in [0.05, 0.1) is 23.6 Å². The summed E-state index contributed by atoms with van der Waals surface area (Å²) in [6, 6.07) is 13.7. The average molecular weight is 567 g/mol. The van der Waals surface area contributed by atoms with Crippen LogP contribution in [-0.4, -0.2) is 47.8 Å². The Hall–Kier alpha value is -2.09. The Morgan fingerprint density at radius 3 is 2.30 bits per heavy atom. The predicted molar refractivity (Wildman–Crippen MR) is 146 cm³/mol. The fourth-order valence-corrected chi connectivity index (χ4v) is 7.33. The lowest BCUT2D eigenvalue weighted by molar-refractivity contribution is -0.162. The van der Waals surface area contributed by atoms with Crippen molar-refractivity contribution in [1.82, 2.24) is 4.90 Å². The van der Waals surface area contributed by atoms with Crippen LogP contribution in [0.1, 0.15) is 69.0 Å². The quantitative estimate of drug-likeness (QED) is 0.373. The van der Waals surface area contributed by atoms with E-state index in [0.29, 0.717) is 22.9 Å². The highest BCUT2D eigenvalue weighted by atomic mass is 35.5. The number of likely N-dealkylation sites (tertiary alicyclic amines) is 1. The summed E-state index contributed by atoms with van der Waals surface area (Å²) >= 11 is 12.6. The predicted octanol–water partition coefficient (Wildman–Crippen LogP) is 6.14. The van der Waals surface area contributed by atoms with Crippen LogP contribution in [0.4, 0.5) is 0 Å². The van der Waals surface area contributed by atoms with E-state index in [-0.39, 0.29) is 35.7 Å². The Labute approximate surface area is 228 Å². The number of carbonyl (C=O) groups excluding carboxylic acids is 1. The first-order valence-corrected chi connectivity index (χ1v) is 15.3. The molecule has 1 heterocycles. The molecule has 9 heteroatoms. The van der Waals surface area contributed by atoms with Crippen LogP contribution >= 0.6 is 23.2 Å². The Balaban J connectivity index is 1.96. The summed E-state index contributed by atoms with van der Waals surface area (Å²) in [5.41, 5.74) is 0.563. The minimum Gasteiger partial charge on any atom is -0.481 e. The molecule has 4 rings (SSSR count). The van der Waals surface area contributed by atoms with Gasteiger partial charge in [0.15, 0.2) is 9.84 Å². The largest absolute Gasteiger partial charge is 0.481 e. The molecule has 1 amide bonds. The number of nitrogens with zero attached hydrogens (tertiary/aromatic N) is 1. The van der Waals surface area contributed by atoms with Crippen molar-refractivity contribution in [3.63, 3.8) is 0 Å². The summed E-state index contributed by atoms with van der Waals surface area (Å²) in [4.78, 5) is 28.3. The van der Waals surface area contributed by atoms with Crippen molar-refractivity contribution in [1.29, 1.82) is 0 Å². The summed E-state index contributed by atoms with van der Waals surface area (Å²) in [5.74, 6) is -1.72. The van der Waals surface area contributed by atoms with E-state index in [1.807, 2.05) is 37.3 Å². The molecule has 1 aliphatic heterocycles. The van der Waals surface area contributed by atoms with Gasteiger partial charge in [-0.3, -0.25) is 9.59 Å². The summed E-state index contributed by atoms with van der Waals surface area (Å²) in [6.07, 6.45) is 2.00. The zero-order valence-corrected chi connectivity index (χ0v) is 23.4. The maximum absolute atomic E-state index is 14.5. The molecule has 37 heavy (non-hydrogen) atoms. The van der Waals surface area contributed by atoms with Gasteiger partial charge in [0, 0.05) is 27.8 Å². The standard InChI is InChI=1S/C28H33Cl2NO5S/c1-3-28(16-25(32)33)15-23(20-6-5-7-22(30)14-20)26(19-10-12-21(29)13-11-19)31(27(28)34)24(18-8-9-18)17-37(35,36)4-2/h5-7,10-14,18,23-24,26H,3-4,8-9,15-17H2,1-2H3,(H,32,33)/t23-,24-,26-,28-/m1/s1. The number of hydrogen-bond acceptors (Lipinski definition) is 4. The SMILES string of the molecule is CC[C@]1(CC(=O)O)C[C@H](c2cccc(Cl)c2)[C@@H](c2ccc(Cl)cc2)N([C@H](CS(=O)(=O)CC)C2CC2)C1=O. The fraction of sp³-hybridized carbons (Fsp3) is 0.500. The van der Waals surface area contributed by atoms with Gasteiger partial charge in [0.2, 0.25) is 5.91 Å². The van der Waals surface area contributed by atoms with Gasteiger partial charge in [0.1, 0.15) is 0 Å². The highest BCUT2D eigenvalue weighted by molar-refractivity contribution is 7.91. The number of benzene rings is 2. The first-order valence-electron chi connectivity index (χ1n) is 12.8. The lowest BCUT2D eigenvalue weighted by atomic mass is 9.65. The molecule has 2 aromatic carbocycles. The Morgan fingerprint density at radius 2 is 1.76 bits per heavy atom. The maximum atomic E-state index is 14.5. The number of halogens is 2. The molecule has 2 aromatic rings. The molecule has 0 unspecified atom stereocenters. The van der Waals surface area contributed by atoms with Crippen molar-refractivity contribution in [3.05, 3.63) is 69.7 Å². The van der Waals surface area contributed by atoms with Gasteiger partial charge in [-0.15, -0.1) is 0 Å². The Morgan fingerprint density at radius 1 is 1.08 bits per heavy atom. The number of hydrogen-bond donors (Lipinski definition) is 1. The highest BCUT2D eigenvalue weighted by Crippen LogP contribution is 2.55. The van der Waals surface area contributed by atoms with E-state index < -0.39 is 33.3 Å². The molecule has 0 aromatic heterocycles. The number of carboxylic acids is 1. The molecule has 2 aliphatic rings. The van der Waals surface area contributed by atoms with Crippen molar-refractivity contribution in [2.75, 3.05) is 11.5 Å². The van der Waals surface area contributed by atoms with Gasteiger partial charge >= 0.3 is 5.97 Å². The van der Waals surface area contributed by atoms with Gasteiger partial charge in [-0.05, 0) is 67.0 Å². The molecule has 1 saturated heterocycles. The summed E-state index contributed by atoms with van der Waals surface area (Å²) in [7, 11) is -3.42. The van der Waals surface area contributed by atoms with E-state index in [0.717, 1.165) is 24.0 Å². The summed E-state index contributed by atoms with van der Waals surface area (Å²) in [5, 5.41) is 11.0. The van der Waals surface area contributed by atoms with E-state index in [2.05, 4.69) is 0 Å². The van der Waals surface area contributed by atoms with Gasteiger partial charge < -0.3 is 10.0 Å². The first kappa shape index (κ1) is 27.9. The molecule has 2 fully saturated rings.